The molecule has 0 aliphatic carbocycles. The number of ether oxygens (including phenoxy) is 1. The van der Waals surface area contributed by atoms with Gasteiger partial charge in [0.25, 0.3) is 0 Å². The summed E-state index contributed by atoms with van der Waals surface area (Å²) in [6, 6.07) is 5.57. The molecule has 1 aliphatic rings. The smallest absolute Gasteiger partial charge is 0.492 e. The highest BCUT2D eigenvalue weighted by Crippen LogP contribution is 2.24. The van der Waals surface area contributed by atoms with Crippen LogP contribution in [0.1, 0.15) is 18.6 Å². The molecule has 1 atom stereocenters. The standard InChI is InChI=1S/C10H14BNO3/c1-2-14-7-3-4-8-9(5-7)11(13)15-10(8)6-12/h3-5,10,13H,2,6,12H2,1H3. The van der Waals surface area contributed by atoms with Crippen molar-refractivity contribution in [2.75, 3.05) is 13.2 Å². The van der Waals surface area contributed by atoms with Gasteiger partial charge in [-0.15, -0.1) is 0 Å². The zero-order valence-corrected chi connectivity index (χ0v) is 8.64. The topological polar surface area (TPSA) is 64.7 Å². The lowest BCUT2D eigenvalue weighted by molar-refractivity contribution is 0.198. The van der Waals surface area contributed by atoms with E-state index in [4.69, 9.17) is 15.1 Å². The predicted octanol–water partition coefficient (Wildman–Crippen LogP) is -0.197. The first kappa shape index (κ1) is 10.5. The van der Waals surface area contributed by atoms with Crippen LogP contribution in [0.15, 0.2) is 18.2 Å². The minimum Gasteiger partial charge on any atom is -0.494 e. The molecular weight excluding hydrogens is 193 g/mol. The van der Waals surface area contributed by atoms with Crippen LogP contribution < -0.4 is 15.9 Å². The normalized spacial score (nSPS) is 19.1. The molecule has 3 N–H and O–H groups in total. The van der Waals surface area contributed by atoms with Crippen molar-refractivity contribution in [3.63, 3.8) is 0 Å². The Morgan fingerprint density at radius 3 is 3.07 bits per heavy atom. The van der Waals surface area contributed by atoms with Gasteiger partial charge >= 0.3 is 7.12 Å². The van der Waals surface area contributed by atoms with Crippen molar-refractivity contribution in [1.29, 1.82) is 0 Å². The van der Waals surface area contributed by atoms with Gasteiger partial charge in [0.15, 0.2) is 0 Å². The highest BCUT2D eigenvalue weighted by molar-refractivity contribution is 6.61. The molecule has 0 aromatic heterocycles. The van der Waals surface area contributed by atoms with Crippen molar-refractivity contribution in [3.05, 3.63) is 23.8 Å². The Balaban J connectivity index is 2.32. The molecule has 2 rings (SSSR count). The van der Waals surface area contributed by atoms with E-state index in [0.29, 0.717) is 13.2 Å². The van der Waals surface area contributed by atoms with Gasteiger partial charge in [-0.3, -0.25) is 0 Å². The third-order valence-electron chi connectivity index (χ3n) is 2.49. The van der Waals surface area contributed by atoms with Gasteiger partial charge in [-0.2, -0.15) is 0 Å². The zero-order chi connectivity index (χ0) is 10.8. The summed E-state index contributed by atoms with van der Waals surface area (Å²) in [5.74, 6) is 0.747. The van der Waals surface area contributed by atoms with E-state index >= 15 is 0 Å². The van der Waals surface area contributed by atoms with E-state index in [1.54, 1.807) is 6.07 Å². The van der Waals surface area contributed by atoms with Crippen molar-refractivity contribution in [3.8, 4) is 5.75 Å². The lowest BCUT2D eigenvalue weighted by atomic mass is 9.79. The zero-order valence-electron chi connectivity index (χ0n) is 8.64. The van der Waals surface area contributed by atoms with Crippen LogP contribution in [0.4, 0.5) is 0 Å². The molecule has 1 heterocycles. The van der Waals surface area contributed by atoms with Crippen LogP contribution in [0.5, 0.6) is 5.75 Å². The van der Waals surface area contributed by atoms with Gasteiger partial charge in [-0.1, -0.05) is 6.07 Å². The second-order valence-electron chi connectivity index (χ2n) is 3.44. The molecule has 5 heteroatoms. The molecule has 80 valence electrons. The minimum absolute atomic E-state index is 0.203. The maximum absolute atomic E-state index is 9.64. The summed E-state index contributed by atoms with van der Waals surface area (Å²) in [5.41, 5.74) is 7.25. The summed E-state index contributed by atoms with van der Waals surface area (Å²) in [6.07, 6.45) is -0.203. The van der Waals surface area contributed by atoms with Crippen molar-refractivity contribution in [1.82, 2.24) is 0 Å². The highest BCUT2D eigenvalue weighted by Gasteiger charge is 2.34. The molecular formula is C10H14BNO3. The van der Waals surface area contributed by atoms with E-state index in [9.17, 15) is 5.02 Å². The van der Waals surface area contributed by atoms with Gasteiger partial charge in [0.2, 0.25) is 0 Å². The molecule has 4 nitrogen and oxygen atoms in total. The van der Waals surface area contributed by atoms with E-state index in [-0.39, 0.29) is 6.10 Å². The summed E-state index contributed by atoms with van der Waals surface area (Å²) >= 11 is 0. The van der Waals surface area contributed by atoms with Gasteiger partial charge in [0, 0.05) is 6.54 Å². The fourth-order valence-electron chi connectivity index (χ4n) is 1.80. The van der Waals surface area contributed by atoms with Crippen molar-refractivity contribution in [2.45, 2.75) is 13.0 Å². The average Bonchev–Trinajstić information content (AvgIpc) is 2.56. The molecule has 0 bridgehead atoms. The summed E-state index contributed by atoms with van der Waals surface area (Å²) in [7, 11) is -0.881. The Morgan fingerprint density at radius 2 is 2.40 bits per heavy atom. The largest absolute Gasteiger partial charge is 0.494 e. The lowest BCUT2D eigenvalue weighted by Crippen LogP contribution is -2.28. The van der Waals surface area contributed by atoms with E-state index in [2.05, 4.69) is 0 Å². The number of nitrogens with two attached hydrogens (primary N) is 1. The van der Waals surface area contributed by atoms with Crippen LogP contribution in [-0.2, 0) is 4.65 Å². The van der Waals surface area contributed by atoms with Crippen LogP contribution in [-0.4, -0.2) is 25.3 Å². The quantitative estimate of drug-likeness (QED) is 0.674. The molecule has 1 aromatic carbocycles. The Kier molecular flexibility index (Phi) is 2.95. The minimum atomic E-state index is -0.881. The molecule has 1 unspecified atom stereocenters. The molecule has 0 amide bonds. The second kappa shape index (κ2) is 4.22. The fourth-order valence-corrected chi connectivity index (χ4v) is 1.80. The van der Waals surface area contributed by atoms with Gasteiger partial charge in [-0.05, 0) is 30.1 Å². The van der Waals surface area contributed by atoms with Crippen LogP contribution in [0.3, 0.4) is 0 Å². The van der Waals surface area contributed by atoms with E-state index in [1.807, 2.05) is 19.1 Å². The van der Waals surface area contributed by atoms with Crippen molar-refractivity contribution in [2.24, 2.45) is 5.73 Å². The molecule has 0 radical (unpaired) electrons. The van der Waals surface area contributed by atoms with Gasteiger partial charge in [0.1, 0.15) is 5.75 Å². The SMILES string of the molecule is CCOc1ccc2c(c1)B(O)OC2CN. The number of hydrogen-bond donors (Lipinski definition) is 2. The van der Waals surface area contributed by atoms with Gasteiger partial charge < -0.3 is 20.1 Å². The van der Waals surface area contributed by atoms with Crippen LogP contribution in [0.2, 0.25) is 0 Å². The summed E-state index contributed by atoms with van der Waals surface area (Å²) in [4.78, 5) is 0. The first-order valence-electron chi connectivity index (χ1n) is 5.06. The molecule has 1 aliphatic heterocycles. The third-order valence-corrected chi connectivity index (χ3v) is 2.49. The van der Waals surface area contributed by atoms with E-state index in [1.165, 1.54) is 0 Å². The Bertz CT molecular complexity index is 359. The summed E-state index contributed by atoms with van der Waals surface area (Å²) < 4.78 is 10.6. The molecule has 1 aromatic rings. The van der Waals surface area contributed by atoms with Crippen LogP contribution >= 0.6 is 0 Å². The molecule has 0 spiro atoms. The van der Waals surface area contributed by atoms with Crippen LogP contribution in [0.25, 0.3) is 0 Å². The van der Waals surface area contributed by atoms with Crippen molar-refractivity contribution >= 4 is 12.6 Å². The Hall–Kier alpha value is -1.04. The van der Waals surface area contributed by atoms with Crippen molar-refractivity contribution < 1.29 is 14.4 Å². The first-order chi connectivity index (χ1) is 7.26. The van der Waals surface area contributed by atoms with E-state index in [0.717, 1.165) is 16.8 Å². The van der Waals surface area contributed by atoms with Crippen LogP contribution in [0, 0.1) is 0 Å². The Labute approximate surface area is 89.1 Å². The summed E-state index contributed by atoms with van der Waals surface area (Å²) in [5, 5.41) is 9.64. The number of rotatable bonds is 3. The van der Waals surface area contributed by atoms with E-state index < -0.39 is 7.12 Å². The maximum Gasteiger partial charge on any atom is 0.492 e. The predicted molar refractivity (Wildman–Crippen MR) is 58.1 cm³/mol. The average molecular weight is 207 g/mol. The number of benzene rings is 1. The summed E-state index contributed by atoms with van der Waals surface area (Å²) in [6.45, 7) is 2.90. The Morgan fingerprint density at radius 1 is 1.60 bits per heavy atom. The van der Waals surface area contributed by atoms with Gasteiger partial charge in [-0.25, -0.2) is 0 Å². The third kappa shape index (κ3) is 1.86. The fraction of sp³-hybridized carbons (Fsp3) is 0.400. The van der Waals surface area contributed by atoms with Gasteiger partial charge in [0.05, 0.1) is 12.7 Å². The maximum atomic E-state index is 9.64. The molecule has 15 heavy (non-hydrogen) atoms. The number of fused-ring (bicyclic) bond motifs is 1. The molecule has 0 fully saturated rings. The molecule has 0 saturated heterocycles. The lowest BCUT2D eigenvalue weighted by Gasteiger charge is -2.09. The second-order valence-corrected chi connectivity index (χ2v) is 3.44. The monoisotopic (exact) mass is 207 g/mol. The highest BCUT2D eigenvalue weighted by atomic mass is 16.5. The number of hydrogen-bond acceptors (Lipinski definition) is 4. The molecule has 0 saturated carbocycles. The first-order valence-corrected chi connectivity index (χ1v) is 5.06.